The minimum atomic E-state index is 0.180. The summed E-state index contributed by atoms with van der Waals surface area (Å²) in [6, 6.07) is 6.41. The van der Waals surface area contributed by atoms with Crippen LogP contribution < -0.4 is 5.73 Å². The van der Waals surface area contributed by atoms with E-state index in [4.69, 9.17) is 5.73 Å². The van der Waals surface area contributed by atoms with Crippen molar-refractivity contribution in [3.8, 4) is 0 Å². The van der Waals surface area contributed by atoms with E-state index in [2.05, 4.69) is 44.0 Å². The predicted octanol–water partition coefficient (Wildman–Crippen LogP) is 4.40. The van der Waals surface area contributed by atoms with Crippen LogP contribution in [0.25, 0.3) is 0 Å². The Hall–Kier alpha value is 0.140. The van der Waals surface area contributed by atoms with Gasteiger partial charge in [0.2, 0.25) is 0 Å². The molecule has 0 amide bonds. The molecule has 1 atom stereocenters. The first-order valence-corrected chi connectivity index (χ1v) is 6.97. The fraction of sp³-hybridized carbons (Fsp3) is 0.500. The molecule has 1 saturated carbocycles. The number of hydrogen-bond donors (Lipinski definition) is 1. The van der Waals surface area contributed by atoms with E-state index in [1.165, 1.54) is 31.2 Å². The number of nitrogens with two attached hydrogens (primary N) is 1. The fourth-order valence-electron chi connectivity index (χ4n) is 2.34. The molecule has 0 spiro atoms. The molecule has 1 aliphatic carbocycles. The molecule has 0 bridgehead atoms. The van der Waals surface area contributed by atoms with Crippen molar-refractivity contribution >= 4 is 31.9 Å². The zero-order chi connectivity index (χ0) is 10.8. The van der Waals surface area contributed by atoms with Gasteiger partial charge in [-0.05, 0) is 42.5 Å². The average molecular weight is 333 g/mol. The second-order valence-corrected chi connectivity index (χ2v) is 6.01. The van der Waals surface area contributed by atoms with Crippen molar-refractivity contribution in [2.24, 2.45) is 11.7 Å². The Morgan fingerprint density at radius 1 is 1.20 bits per heavy atom. The second kappa shape index (κ2) is 4.98. The summed E-state index contributed by atoms with van der Waals surface area (Å²) < 4.78 is 2.24. The van der Waals surface area contributed by atoms with Gasteiger partial charge in [0.05, 0.1) is 0 Å². The van der Waals surface area contributed by atoms with Gasteiger partial charge in [0.25, 0.3) is 0 Å². The van der Waals surface area contributed by atoms with Gasteiger partial charge >= 0.3 is 0 Å². The average Bonchev–Trinajstić information content (AvgIpc) is 2.74. The van der Waals surface area contributed by atoms with Crippen molar-refractivity contribution in [3.63, 3.8) is 0 Å². The van der Waals surface area contributed by atoms with E-state index >= 15 is 0 Å². The Labute approximate surface area is 108 Å². The molecule has 0 unspecified atom stereocenters. The first kappa shape index (κ1) is 11.6. The van der Waals surface area contributed by atoms with Crippen molar-refractivity contribution in [1.29, 1.82) is 0 Å². The van der Waals surface area contributed by atoms with Gasteiger partial charge in [-0.2, -0.15) is 0 Å². The SMILES string of the molecule is N[C@@H](c1cc(Br)ccc1Br)C1CCCC1. The maximum Gasteiger partial charge on any atom is 0.0335 e. The Kier molecular flexibility index (Phi) is 3.86. The van der Waals surface area contributed by atoms with Crippen LogP contribution in [0.4, 0.5) is 0 Å². The van der Waals surface area contributed by atoms with Crippen LogP contribution >= 0.6 is 31.9 Å². The lowest BCUT2D eigenvalue weighted by atomic mass is 9.93. The molecule has 1 aliphatic rings. The van der Waals surface area contributed by atoms with Crippen LogP contribution in [0, 0.1) is 5.92 Å². The topological polar surface area (TPSA) is 26.0 Å². The molecule has 2 rings (SSSR count). The highest BCUT2D eigenvalue weighted by atomic mass is 79.9. The van der Waals surface area contributed by atoms with Crippen molar-refractivity contribution in [3.05, 3.63) is 32.7 Å². The van der Waals surface area contributed by atoms with Crippen molar-refractivity contribution in [1.82, 2.24) is 0 Å². The number of rotatable bonds is 2. The smallest absolute Gasteiger partial charge is 0.0335 e. The summed E-state index contributed by atoms with van der Waals surface area (Å²) in [7, 11) is 0. The molecule has 0 aliphatic heterocycles. The lowest BCUT2D eigenvalue weighted by Gasteiger charge is -2.20. The molecule has 1 nitrogen and oxygen atoms in total. The lowest BCUT2D eigenvalue weighted by molar-refractivity contribution is 0.443. The van der Waals surface area contributed by atoms with E-state index in [1.54, 1.807) is 0 Å². The molecule has 0 heterocycles. The third-order valence-electron chi connectivity index (χ3n) is 3.22. The molecule has 1 aromatic rings. The standard InChI is InChI=1S/C12H15Br2N/c13-9-5-6-11(14)10(7-9)12(15)8-3-1-2-4-8/h5-8,12H,1-4,15H2/t12-/m1/s1. The molecule has 2 N–H and O–H groups in total. The quantitative estimate of drug-likeness (QED) is 0.853. The Balaban J connectivity index is 2.23. The Morgan fingerprint density at radius 2 is 1.87 bits per heavy atom. The second-order valence-electron chi connectivity index (χ2n) is 4.24. The molecule has 82 valence electrons. The van der Waals surface area contributed by atoms with Crippen LogP contribution in [0.2, 0.25) is 0 Å². The fourth-order valence-corrected chi connectivity index (χ4v) is 3.23. The van der Waals surface area contributed by atoms with Gasteiger partial charge in [0, 0.05) is 15.0 Å². The van der Waals surface area contributed by atoms with E-state index < -0.39 is 0 Å². The third kappa shape index (κ3) is 2.63. The van der Waals surface area contributed by atoms with E-state index in [0.29, 0.717) is 5.92 Å². The van der Waals surface area contributed by atoms with Gasteiger partial charge in [-0.25, -0.2) is 0 Å². The van der Waals surface area contributed by atoms with Gasteiger partial charge in [0.1, 0.15) is 0 Å². The zero-order valence-corrected chi connectivity index (χ0v) is 11.7. The van der Waals surface area contributed by atoms with E-state index in [0.717, 1.165) is 8.95 Å². The summed E-state index contributed by atoms with van der Waals surface area (Å²) in [5, 5.41) is 0. The molecular weight excluding hydrogens is 318 g/mol. The summed E-state index contributed by atoms with van der Waals surface area (Å²) in [6.07, 6.45) is 5.23. The van der Waals surface area contributed by atoms with Gasteiger partial charge in [-0.15, -0.1) is 0 Å². The summed E-state index contributed by atoms with van der Waals surface area (Å²) in [4.78, 5) is 0. The zero-order valence-electron chi connectivity index (χ0n) is 8.55. The monoisotopic (exact) mass is 331 g/mol. The van der Waals surface area contributed by atoms with Crippen LogP contribution in [0.3, 0.4) is 0 Å². The summed E-state index contributed by atoms with van der Waals surface area (Å²) in [5.41, 5.74) is 7.55. The Bertz CT molecular complexity index is 345. The third-order valence-corrected chi connectivity index (χ3v) is 4.44. The molecule has 3 heteroatoms. The molecule has 1 fully saturated rings. The van der Waals surface area contributed by atoms with Crippen molar-refractivity contribution < 1.29 is 0 Å². The molecule has 0 aromatic heterocycles. The minimum absolute atomic E-state index is 0.180. The van der Waals surface area contributed by atoms with Crippen molar-refractivity contribution in [2.45, 2.75) is 31.7 Å². The van der Waals surface area contributed by atoms with Gasteiger partial charge < -0.3 is 5.73 Å². The van der Waals surface area contributed by atoms with Gasteiger partial charge in [-0.1, -0.05) is 44.7 Å². The first-order valence-electron chi connectivity index (χ1n) is 5.39. The molecule has 15 heavy (non-hydrogen) atoms. The minimum Gasteiger partial charge on any atom is -0.324 e. The predicted molar refractivity (Wildman–Crippen MR) is 70.7 cm³/mol. The van der Waals surface area contributed by atoms with Gasteiger partial charge in [0.15, 0.2) is 0 Å². The highest BCUT2D eigenvalue weighted by molar-refractivity contribution is 9.11. The highest BCUT2D eigenvalue weighted by Gasteiger charge is 2.24. The molecule has 0 radical (unpaired) electrons. The summed E-state index contributed by atoms with van der Waals surface area (Å²) >= 11 is 7.07. The van der Waals surface area contributed by atoms with E-state index in [1.807, 2.05) is 6.07 Å². The van der Waals surface area contributed by atoms with Crippen molar-refractivity contribution in [2.75, 3.05) is 0 Å². The maximum atomic E-state index is 6.32. The van der Waals surface area contributed by atoms with Gasteiger partial charge in [-0.3, -0.25) is 0 Å². The number of halogens is 2. The van der Waals surface area contributed by atoms with Crippen LogP contribution in [-0.4, -0.2) is 0 Å². The van der Waals surface area contributed by atoms with E-state index in [9.17, 15) is 0 Å². The summed E-state index contributed by atoms with van der Waals surface area (Å²) in [6.45, 7) is 0. The highest BCUT2D eigenvalue weighted by Crippen LogP contribution is 2.37. The number of benzene rings is 1. The molecule has 0 saturated heterocycles. The largest absolute Gasteiger partial charge is 0.324 e. The number of hydrogen-bond acceptors (Lipinski definition) is 1. The van der Waals surface area contributed by atoms with Crippen LogP contribution in [0.15, 0.2) is 27.1 Å². The summed E-state index contributed by atoms with van der Waals surface area (Å²) in [5.74, 6) is 0.663. The van der Waals surface area contributed by atoms with Crippen LogP contribution in [-0.2, 0) is 0 Å². The Morgan fingerprint density at radius 3 is 2.53 bits per heavy atom. The molecule has 1 aromatic carbocycles. The normalized spacial score (nSPS) is 19.4. The van der Waals surface area contributed by atoms with Crippen LogP contribution in [0.1, 0.15) is 37.3 Å². The maximum absolute atomic E-state index is 6.32. The van der Waals surface area contributed by atoms with E-state index in [-0.39, 0.29) is 6.04 Å². The molecular formula is C12H15Br2N. The lowest BCUT2D eigenvalue weighted by Crippen LogP contribution is -2.19. The van der Waals surface area contributed by atoms with Crippen LogP contribution in [0.5, 0.6) is 0 Å². The first-order chi connectivity index (χ1) is 7.18.